The minimum atomic E-state index is -0.333. The number of nitrogens with one attached hydrogen (secondary N) is 1. The Balaban J connectivity index is 2.23. The van der Waals surface area contributed by atoms with E-state index in [9.17, 15) is 4.79 Å². The number of hydrogen-bond acceptors (Lipinski definition) is 6. The molecule has 1 amide bonds. The van der Waals surface area contributed by atoms with Gasteiger partial charge in [-0.2, -0.15) is 4.37 Å². The van der Waals surface area contributed by atoms with Crippen LogP contribution >= 0.6 is 11.5 Å². The maximum atomic E-state index is 12.1. The number of nitrogens with zero attached hydrogens (tertiary/aromatic N) is 3. The molecule has 0 aliphatic carbocycles. The van der Waals surface area contributed by atoms with Crippen LogP contribution in [0.1, 0.15) is 21.7 Å². The number of pyridine rings is 1. The van der Waals surface area contributed by atoms with Gasteiger partial charge in [-0.1, -0.05) is 11.8 Å². The zero-order valence-corrected chi connectivity index (χ0v) is 10.9. The normalized spacial score (nSPS) is 9.58. The molecule has 0 aromatic carbocycles. The van der Waals surface area contributed by atoms with E-state index in [1.165, 1.54) is 12.4 Å². The monoisotopic (exact) mass is 274 g/mol. The van der Waals surface area contributed by atoms with Gasteiger partial charge in [0, 0.05) is 23.9 Å². The first-order valence-corrected chi connectivity index (χ1v) is 6.13. The van der Waals surface area contributed by atoms with E-state index in [4.69, 9.17) is 5.11 Å². The molecule has 0 bridgehead atoms. The molecule has 96 valence electrons. The summed E-state index contributed by atoms with van der Waals surface area (Å²) in [7, 11) is 0. The van der Waals surface area contributed by atoms with Gasteiger partial charge in [-0.3, -0.25) is 15.1 Å². The Morgan fingerprint density at radius 3 is 3.11 bits per heavy atom. The van der Waals surface area contributed by atoms with Gasteiger partial charge in [0.05, 0.1) is 11.1 Å². The second kappa shape index (κ2) is 6.04. The molecule has 0 aliphatic heterocycles. The fourth-order valence-electron chi connectivity index (χ4n) is 1.34. The maximum Gasteiger partial charge on any atom is 0.258 e. The van der Waals surface area contributed by atoms with Crippen LogP contribution in [0.4, 0.5) is 5.13 Å². The van der Waals surface area contributed by atoms with Crippen molar-refractivity contribution in [2.75, 3.05) is 11.9 Å². The highest BCUT2D eigenvalue weighted by Gasteiger charge is 2.12. The smallest absolute Gasteiger partial charge is 0.258 e. The minimum Gasteiger partial charge on any atom is -0.384 e. The number of carbonyl (C=O) groups is 1. The summed E-state index contributed by atoms with van der Waals surface area (Å²) in [4.78, 5) is 20.0. The average molecular weight is 274 g/mol. The first-order chi connectivity index (χ1) is 9.20. The fourth-order valence-corrected chi connectivity index (χ4v) is 1.91. The number of carbonyl (C=O) groups excluding carboxylic acids is 1. The highest BCUT2D eigenvalue weighted by molar-refractivity contribution is 7.09. The van der Waals surface area contributed by atoms with Gasteiger partial charge >= 0.3 is 0 Å². The van der Waals surface area contributed by atoms with E-state index < -0.39 is 0 Å². The third kappa shape index (κ3) is 3.34. The number of amides is 1. The third-order valence-electron chi connectivity index (χ3n) is 2.12. The Bertz CT molecular complexity index is 657. The van der Waals surface area contributed by atoms with Crippen LogP contribution in [0.25, 0.3) is 0 Å². The molecule has 2 heterocycles. The molecule has 0 saturated carbocycles. The molecule has 0 saturated heterocycles. The Labute approximate surface area is 113 Å². The van der Waals surface area contributed by atoms with Crippen molar-refractivity contribution in [3.8, 4) is 11.8 Å². The zero-order chi connectivity index (χ0) is 13.7. The summed E-state index contributed by atoms with van der Waals surface area (Å²) < 4.78 is 3.98. The Morgan fingerprint density at radius 1 is 1.58 bits per heavy atom. The summed E-state index contributed by atoms with van der Waals surface area (Å²) in [6.07, 6.45) is 2.98. The summed E-state index contributed by atoms with van der Waals surface area (Å²) in [5, 5.41) is 11.8. The molecule has 0 radical (unpaired) electrons. The molecule has 0 aliphatic rings. The number of aliphatic hydroxyl groups excluding tert-OH is 1. The average Bonchev–Trinajstić information content (AvgIpc) is 2.82. The molecule has 0 unspecified atom stereocenters. The topological polar surface area (TPSA) is 88.0 Å². The quantitative estimate of drug-likeness (QED) is 0.792. The van der Waals surface area contributed by atoms with Gasteiger partial charge in [-0.25, -0.2) is 4.98 Å². The molecular formula is C12H10N4O2S. The van der Waals surface area contributed by atoms with Gasteiger partial charge in [0.2, 0.25) is 5.13 Å². The van der Waals surface area contributed by atoms with Crippen LogP contribution in [-0.4, -0.2) is 32.0 Å². The SMILES string of the molecule is Cc1nsc(NC(=O)c2ccncc2C#CCO)n1. The van der Waals surface area contributed by atoms with Gasteiger partial charge in [-0.15, -0.1) is 0 Å². The minimum absolute atomic E-state index is 0.272. The lowest BCUT2D eigenvalue weighted by molar-refractivity contribution is 0.102. The lowest BCUT2D eigenvalue weighted by atomic mass is 10.1. The second-order valence-electron chi connectivity index (χ2n) is 3.48. The molecule has 19 heavy (non-hydrogen) atoms. The number of rotatable bonds is 2. The van der Waals surface area contributed by atoms with E-state index in [-0.39, 0.29) is 12.5 Å². The number of anilines is 1. The summed E-state index contributed by atoms with van der Waals surface area (Å²) in [6, 6.07) is 1.56. The maximum absolute atomic E-state index is 12.1. The van der Waals surface area contributed by atoms with Crippen molar-refractivity contribution >= 4 is 22.6 Å². The number of aryl methyl sites for hydroxylation is 1. The molecule has 0 fully saturated rings. The second-order valence-corrected chi connectivity index (χ2v) is 4.23. The van der Waals surface area contributed by atoms with Crippen LogP contribution in [0.2, 0.25) is 0 Å². The Hall–Kier alpha value is -2.30. The van der Waals surface area contributed by atoms with Crippen LogP contribution in [0.5, 0.6) is 0 Å². The Morgan fingerprint density at radius 2 is 2.42 bits per heavy atom. The zero-order valence-electron chi connectivity index (χ0n) is 10.0. The number of hydrogen-bond donors (Lipinski definition) is 2. The van der Waals surface area contributed by atoms with E-state index in [0.717, 1.165) is 11.5 Å². The lowest BCUT2D eigenvalue weighted by Gasteiger charge is -2.03. The van der Waals surface area contributed by atoms with Gasteiger partial charge in [0.15, 0.2) is 0 Å². The number of aromatic nitrogens is 3. The van der Waals surface area contributed by atoms with E-state index >= 15 is 0 Å². The summed E-state index contributed by atoms with van der Waals surface area (Å²) in [5.41, 5.74) is 0.832. The van der Waals surface area contributed by atoms with Gasteiger partial charge in [-0.05, 0) is 13.0 Å². The van der Waals surface area contributed by atoms with Crippen LogP contribution in [0, 0.1) is 18.8 Å². The number of aliphatic hydroxyl groups is 1. The van der Waals surface area contributed by atoms with Crippen LogP contribution in [-0.2, 0) is 0 Å². The highest BCUT2D eigenvalue weighted by Crippen LogP contribution is 2.13. The predicted molar refractivity (Wildman–Crippen MR) is 70.8 cm³/mol. The summed E-state index contributed by atoms with van der Waals surface area (Å²) in [6.45, 7) is 1.47. The van der Waals surface area contributed by atoms with E-state index in [0.29, 0.717) is 22.1 Å². The predicted octanol–water partition coefficient (Wildman–Crippen LogP) is 0.838. The van der Waals surface area contributed by atoms with Crippen molar-refractivity contribution in [2.45, 2.75) is 6.92 Å². The molecule has 2 aromatic heterocycles. The molecule has 2 rings (SSSR count). The van der Waals surface area contributed by atoms with Crippen molar-refractivity contribution in [3.05, 3.63) is 35.4 Å². The van der Waals surface area contributed by atoms with Gasteiger partial charge < -0.3 is 5.11 Å². The largest absolute Gasteiger partial charge is 0.384 e. The van der Waals surface area contributed by atoms with Crippen molar-refractivity contribution in [1.29, 1.82) is 0 Å². The third-order valence-corrected chi connectivity index (χ3v) is 2.84. The van der Waals surface area contributed by atoms with E-state index in [2.05, 4.69) is 31.5 Å². The Kier molecular flexibility index (Phi) is 4.18. The van der Waals surface area contributed by atoms with Crippen LogP contribution in [0.3, 0.4) is 0 Å². The van der Waals surface area contributed by atoms with Crippen LogP contribution in [0.15, 0.2) is 18.5 Å². The molecule has 6 nitrogen and oxygen atoms in total. The van der Waals surface area contributed by atoms with Crippen molar-refractivity contribution in [2.24, 2.45) is 0 Å². The first kappa shape index (κ1) is 13.1. The van der Waals surface area contributed by atoms with Gasteiger partial charge in [0.1, 0.15) is 12.4 Å². The fraction of sp³-hybridized carbons (Fsp3) is 0.167. The molecule has 0 spiro atoms. The molecule has 2 aromatic rings. The first-order valence-electron chi connectivity index (χ1n) is 5.36. The molecule has 0 atom stereocenters. The van der Waals surface area contributed by atoms with E-state index in [1.807, 2.05) is 0 Å². The highest BCUT2D eigenvalue weighted by atomic mass is 32.1. The van der Waals surface area contributed by atoms with Crippen LogP contribution < -0.4 is 5.32 Å². The van der Waals surface area contributed by atoms with Gasteiger partial charge in [0.25, 0.3) is 5.91 Å². The molecule has 2 N–H and O–H groups in total. The summed E-state index contributed by atoms with van der Waals surface area (Å²) >= 11 is 1.11. The van der Waals surface area contributed by atoms with Crippen molar-refractivity contribution in [1.82, 2.24) is 14.3 Å². The standard InChI is InChI=1S/C12H10N4O2S/c1-8-14-12(19-16-8)15-11(18)10-4-5-13-7-9(10)3-2-6-17/h4-5,7,17H,6H2,1H3,(H,14,15,16,18). The molecule has 7 heteroatoms. The molecular weight excluding hydrogens is 264 g/mol. The van der Waals surface area contributed by atoms with E-state index in [1.54, 1.807) is 13.0 Å². The lowest BCUT2D eigenvalue weighted by Crippen LogP contribution is -2.13. The summed E-state index contributed by atoms with van der Waals surface area (Å²) in [5.74, 6) is 5.44. The van der Waals surface area contributed by atoms with Crippen molar-refractivity contribution < 1.29 is 9.90 Å². The van der Waals surface area contributed by atoms with Crippen molar-refractivity contribution in [3.63, 3.8) is 0 Å².